The van der Waals surface area contributed by atoms with Gasteiger partial charge in [-0.05, 0) is 36.7 Å². The van der Waals surface area contributed by atoms with Crippen LogP contribution in [-0.4, -0.2) is 51.8 Å². The highest BCUT2D eigenvalue weighted by Crippen LogP contribution is 2.17. The van der Waals surface area contributed by atoms with E-state index in [1.807, 2.05) is 12.1 Å². The molecule has 0 aliphatic carbocycles. The third-order valence-electron chi connectivity index (χ3n) is 3.52. The molecule has 1 atom stereocenters. The average Bonchev–Trinajstić information content (AvgIpc) is 3.11. The van der Waals surface area contributed by atoms with Gasteiger partial charge < -0.3 is 4.74 Å². The van der Waals surface area contributed by atoms with Crippen LogP contribution in [0.25, 0.3) is 11.4 Å². The molecule has 1 aromatic heterocycles. The number of tetrazole rings is 1. The largest absolute Gasteiger partial charge is 0.377 e. The zero-order chi connectivity index (χ0) is 13.8. The first-order valence-electron chi connectivity index (χ1n) is 6.94. The number of rotatable bonds is 5. The van der Waals surface area contributed by atoms with E-state index in [4.69, 9.17) is 4.74 Å². The monoisotopic (exact) mass is 273 g/mol. The van der Waals surface area contributed by atoms with E-state index < -0.39 is 0 Å². The summed E-state index contributed by atoms with van der Waals surface area (Å²) < 4.78 is 5.67. The smallest absolute Gasteiger partial charge is 0.204 e. The Bertz CT molecular complexity index is 536. The second kappa shape index (κ2) is 6.11. The van der Waals surface area contributed by atoms with Crippen molar-refractivity contribution in [3.63, 3.8) is 0 Å². The van der Waals surface area contributed by atoms with Crippen molar-refractivity contribution in [1.82, 2.24) is 25.5 Å². The van der Waals surface area contributed by atoms with Crippen molar-refractivity contribution >= 4 is 0 Å². The lowest BCUT2D eigenvalue weighted by atomic mass is 10.1. The van der Waals surface area contributed by atoms with E-state index in [9.17, 15) is 0 Å². The molecule has 20 heavy (non-hydrogen) atoms. The predicted octanol–water partition coefficient (Wildman–Crippen LogP) is 1.48. The van der Waals surface area contributed by atoms with Crippen LogP contribution in [0.1, 0.15) is 18.4 Å². The zero-order valence-electron chi connectivity index (χ0n) is 11.6. The fourth-order valence-electron chi connectivity index (χ4n) is 2.61. The minimum Gasteiger partial charge on any atom is -0.377 e. The van der Waals surface area contributed by atoms with Gasteiger partial charge in [-0.25, -0.2) is 0 Å². The molecule has 6 heteroatoms. The molecule has 6 nitrogen and oxygen atoms in total. The topological polar surface area (TPSA) is 66.9 Å². The van der Waals surface area contributed by atoms with Gasteiger partial charge in [0.05, 0.1) is 6.10 Å². The number of ether oxygens (including phenoxy) is 1. The van der Waals surface area contributed by atoms with E-state index in [-0.39, 0.29) is 0 Å². The van der Waals surface area contributed by atoms with Gasteiger partial charge in [0.1, 0.15) is 0 Å². The Labute approximate surface area is 118 Å². The predicted molar refractivity (Wildman–Crippen MR) is 74.9 cm³/mol. The third kappa shape index (κ3) is 3.20. The molecule has 0 radical (unpaired) electrons. The first-order chi connectivity index (χ1) is 9.81. The molecule has 2 heterocycles. The number of hydrogen-bond acceptors (Lipinski definition) is 5. The molecule has 1 N–H and O–H groups in total. The molecule has 0 spiro atoms. The summed E-state index contributed by atoms with van der Waals surface area (Å²) in [6, 6.07) is 8.25. The van der Waals surface area contributed by atoms with Crippen molar-refractivity contribution in [1.29, 1.82) is 0 Å². The van der Waals surface area contributed by atoms with Crippen LogP contribution in [0.15, 0.2) is 24.3 Å². The van der Waals surface area contributed by atoms with Crippen LogP contribution < -0.4 is 0 Å². The van der Waals surface area contributed by atoms with Gasteiger partial charge in [-0.15, -0.1) is 10.2 Å². The number of benzene rings is 1. The lowest BCUT2D eigenvalue weighted by Gasteiger charge is -2.20. The molecule has 2 aromatic rings. The van der Waals surface area contributed by atoms with E-state index in [2.05, 4.69) is 44.7 Å². The summed E-state index contributed by atoms with van der Waals surface area (Å²) in [7, 11) is 2.13. The van der Waals surface area contributed by atoms with Gasteiger partial charge in [-0.2, -0.15) is 5.21 Å². The van der Waals surface area contributed by atoms with Gasteiger partial charge >= 0.3 is 0 Å². The Morgan fingerprint density at radius 2 is 2.40 bits per heavy atom. The number of nitrogens with zero attached hydrogens (tertiary/aromatic N) is 4. The molecule has 106 valence electrons. The third-order valence-corrected chi connectivity index (χ3v) is 3.52. The number of likely N-dealkylation sites (N-methyl/N-ethyl adjacent to an activating group) is 1. The van der Waals surface area contributed by atoms with Gasteiger partial charge in [0, 0.05) is 25.3 Å². The molecule has 1 aliphatic rings. The number of nitrogens with one attached hydrogen (secondary N) is 1. The Morgan fingerprint density at radius 3 is 3.15 bits per heavy atom. The van der Waals surface area contributed by atoms with Crippen molar-refractivity contribution in [2.75, 3.05) is 20.2 Å². The highest BCUT2D eigenvalue weighted by atomic mass is 16.5. The Morgan fingerprint density at radius 1 is 1.45 bits per heavy atom. The average molecular weight is 273 g/mol. The molecule has 0 bridgehead atoms. The van der Waals surface area contributed by atoms with Crippen LogP contribution in [0, 0.1) is 0 Å². The minimum absolute atomic E-state index is 0.389. The maximum absolute atomic E-state index is 5.67. The van der Waals surface area contributed by atoms with Crippen molar-refractivity contribution in [3.8, 4) is 11.4 Å². The van der Waals surface area contributed by atoms with Crippen LogP contribution in [0.5, 0.6) is 0 Å². The van der Waals surface area contributed by atoms with E-state index >= 15 is 0 Å². The van der Waals surface area contributed by atoms with Crippen LogP contribution in [0.4, 0.5) is 0 Å². The summed E-state index contributed by atoms with van der Waals surface area (Å²) in [5.74, 6) is 0.633. The van der Waals surface area contributed by atoms with Gasteiger partial charge in [0.25, 0.3) is 0 Å². The standard InChI is InChI=1S/C14H19N5O/c1-19(10-13-6-3-7-20-13)9-11-4-2-5-12(8-11)14-15-17-18-16-14/h2,4-5,8,13H,3,6-7,9-10H2,1H3,(H,15,16,17,18). The van der Waals surface area contributed by atoms with E-state index in [1.54, 1.807) is 0 Å². The number of hydrogen-bond donors (Lipinski definition) is 1. The zero-order valence-corrected chi connectivity index (χ0v) is 11.6. The van der Waals surface area contributed by atoms with Crippen LogP contribution in [-0.2, 0) is 11.3 Å². The van der Waals surface area contributed by atoms with Crippen LogP contribution in [0.3, 0.4) is 0 Å². The fraction of sp³-hybridized carbons (Fsp3) is 0.500. The summed E-state index contributed by atoms with van der Waals surface area (Å²) in [5.41, 5.74) is 2.23. The molecule has 1 unspecified atom stereocenters. The van der Waals surface area contributed by atoms with Crippen LogP contribution >= 0.6 is 0 Å². The highest BCUT2D eigenvalue weighted by molar-refractivity contribution is 5.54. The molecule has 0 saturated carbocycles. The maximum Gasteiger partial charge on any atom is 0.204 e. The van der Waals surface area contributed by atoms with Crippen molar-refractivity contribution in [2.24, 2.45) is 0 Å². The van der Waals surface area contributed by atoms with Gasteiger partial charge in [-0.3, -0.25) is 4.90 Å². The maximum atomic E-state index is 5.67. The highest BCUT2D eigenvalue weighted by Gasteiger charge is 2.17. The second-order valence-corrected chi connectivity index (χ2v) is 5.27. The summed E-state index contributed by atoms with van der Waals surface area (Å²) in [4.78, 5) is 2.30. The van der Waals surface area contributed by atoms with Gasteiger partial charge in [-0.1, -0.05) is 18.2 Å². The molecule has 1 aromatic carbocycles. The molecule has 0 amide bonds. The Balaban J connectivity index is 1.63. The summed E-state index contributed by atoms with van der Waals surface area (Å²) in [5, 5.41) is 14.1. The van der Waals surface area contributed by atoms with E-state index in [0.29, 0.717) is 11.9 Å². The Kier molecular flexibility index (Phi) is 4.03. The molecule has 1 aliphatic heterocycles. The minimum atomic E-state index is 0.389. The number of aromatic amines is 1. The van der Waals surface area contributed by atoms with E-state index in [0.717, 1.165) is 25.3 Å². The van der Waals surface area contributed by atoms with Crippen LogP contribution in [0.2, 0.25) is 0 Å². The number of H-pyrrole nitrogens is 1. The first-order valence-corrected chi connectivity index (χ1v) is 6.94. The van der Waals surface area contributed by atoms with E-state index in [1.165, 1.54) is 18.4 Å². The molecular formula is C14H19N5O. The first kappa shape index (κ1) is 13.2. The SMILES string of the molecule is CN(Cc1cccc(-c2nn[nH]n2)c1)CC1CCCO1. The summed E-state index contributed by atoms with van der Waals surface area (Å²) >= 11 is 0. The second-order valence-electron chi connectivity index (χ2n) is 5.27. The Hall–Kier alpha value is -1.79. The molecular weight excluding hydrogens is 254 g/mol. The number of aromatic nitrogens is 4. The lowest BCUT2D eigenvalue weighted by Crippen LogP contribution is -2.28. The van der Waals surface area contributed by atoms with Crippen molar-refractivity contribution in [3.05, 3.63) is 29.8 Å². The van der Waals surface area contributed by atoms with Gasteiger partial charge in [0.2, 0.25) is 5.82 Å². The molecule has 3 rings (SSSR count). The van der Waals surface area contributed by atoms with Crippen molar-refractivity contribution < 1.29 is 4.74 Å². The fourth-order valence-corrected chi connectivity index (χ4v) is 2.61. The normalized spacial score (nSPS) is 18.8. The quantitative estimate of drug-likeness (QED) is 0.893. The summed E-state index contributed by atoms with van der Waals surface area (Å²) in [6.45, 7) is 2.78. The molecule has 1 fully saturated rings. The van der Waals surface area contributed by atoms with Crippen molar-refractivity contribution in [2.45, 2.75) is 25.5 Å². The molecule has 1 saturated heterocycles. The summed E-state index contributed by atoms with van der Waals surface area (Å²) in [6.07, 6.45) is 2.75. The van der Waals surface area contributed by atoms with Gasteiger partial charge in [0.15, 0.2) is 0 Å². The lowest BCUT2D eigenvalue weighted by molar-refractivity contribution is 0.0793.